The average Bonchev–Trinajstić information content (AvgIpc) is 2.64. The quantitative estimate of drug-likeness (QED) is 0.481. The topological polar surface area (TPSA) is 66.8 Å². The molecule has 2 saturated carbocycles. The SMILES string of the molecule is O=C1OC[C@H]2[C@H]1[C@@H]1C[C@@H](O)[C@@H]2[C@@H]1O. The van der Waals surface area contributed by atoms with Crippen LogP contribution in [0.4, 0.5) is 0 Å². The number of cyclic esters (lactones) is 1. The maximum Gasteiger partial charge on any atom is 0.309 e. The van der Waals surface area contributed by atoms with E-state index in [1.807, 2.05) is 0 Å². The summed E-state index contributed by atoms with van der Waals surface area (Å²) in [5, 5.41) is 19.4. The minimum Gasteiger partial charge on any atom is -0.465 e. The molecule has 0 aromatic heterocycles. The predicted octanol–water partition coefficient (Wildman–Crippen LogP) is -0.853. The molecular formula is C9H12O4. The zero-order chi connectivity index (χ0) is 9.16. The van der Waals surface area contributed by atoms with E-state index in [-0.39, 0.29) is 29.6 Å². The van der Waals surface area contributed by atoms with Crippen LogP contribution in [-0.4, -0.2) is 35.0 Å². The molecule has 6 atom stereocenters. The van der Waals surface area contributed by atoms with Gasteiger partial charge in [0.2, 0.25) is 0 Å². The van der Waals surface area contributed by atoms with Gasteiger partial charge in [-0.1, -0.05) is 0 Å². The van der Waals surface area contributed by atoms with Gasteiger partial charge in [-0.2, -0.15) is 0 Å². The third-order valence-corrected chi connectivity index (χ3v) is 3.90. The molecule has 1 saturated heterocycles. The summed E-state index contributed by atoms with van der Waals surface area (Å²) in [5.74, 6) is -0.426. The Morgan fingerprint density at radius 1 is 1.31 bits per heavy atom. The number of hydrogen-bond acceptors (Lipinski definition) is 4. The molecule has 3 rings (SSSR count). The average molecular weight is 184 g/mol. The first-order valence-electron chi connectivity index (χ1n) is 4.73. The Morgan fingerprint density at radius 3 is 2.85 bits per heavy atom. The molecule has 3 aliphatic rings. The highest BCUT2D eigenvalue weighted by Gasteiger charge is 2.63. The lowest BCUT2D eigenvalue weighted by molar-refractivity contribution is -0.143. The Hall–Kier alpha value is -0.610. The van der Waals surface area contributed by atoms with Crippen LogP contribution in [-0.2, 0) is 9.53 Å². The van der Waals surface area contributed by atoms with Crippen LogP contribution >= 0.6 is 0 Å². The standard InChI is InChI=1S/C9H12O4/c10-5-1-3-6-4(2-13-9(6)12)7(5)8(3)11/h3-8,10-11H,1-2H2/t3-,4-,5+,6+,7+,8+/m0/s1. The molecule has 2 aliphatic carbocycles. The van der Waals surface area contributed by atoms with Crippen molar-refractivity contribution in [2.24, 2.45) is 23.7 Å². The van der Waals surface area contributed by atoms with Gasteiger partial charge in [0.1, 0.15) is 0 Å². The number of ether oxygens (including phenoxy) is 1. The number of carbonyl (C=O) groups is 1. The number of aliphatic hydroxyl groups excluding tert-OH is 2. The number of esters is 1. The molecule has 0 spiro atoms. The fourth-order valence-electron chi connectivity index (χ4n) is 3.38. The van der Waals surface area contributed by atoms with E-state index in [4.69, 9.17) is 4.74 Å². The van der Waals surface area contributed by atoms with Gasteiger partial charge >= 0.3 is 5.97 Å². The van der Waals surface area contributed by atoms with E-state index in [0.29, 0.717) is 13.0 Å². The van der Waals surface area contributed by atoms with E-state index < -0.39 is 12.2 Å². The van der Waals surface area contributed by atoms with Crippen molar-refractivity contribution in [1.82, 2.24) is 0 Å². The Bertz CT molecular complexity index is 262. The molecule has 0 aromatic rings. The van der Waals surface area contributed by atoms with Gasteiger partial charge in [0.15, 0.2) is 0 Å². The summed E-state index contributed by atoms with van der Waals surface area (Å²) in [6, 6.07) is 0. The summed E-state index contributed by atoms with van der Waals surface area (Å²) in [6.07, 6.45) is -0.365. The molecule has 72 valence electrons. The maximum absolute atomic E-state index is 11.3. The van der Waals surface area contributed by atoms with Crippen molar-refractivity contribution in [2.45, 2.75) is 18.6 Å². The van der Waals surface area contributed by atoms with Crippen molar-refractivity contribution in [3.05, 3.63) is 0 Å². The molecule has 0 aromatic carbocycles. The Kier molecular flexibility index (Phi) is 1.34. The minimum atomic E-state index is -0.488. The number of carbonyl (C=O) groups excluding carboxylic acids is 1. The van der Waals surface area contributed by atoms with Gasteiger partial charge in [0.05, 0.1) is 24.7 Å². The van der Waals surface area contributed by atoms with Crippen LogP contribution in [0.2, 0.25) is 0 Å². The van der Waals surface area contributed by atoms with Crippen LogP contribution in [0.3, 0.4) is 0 Å². The largest absolute Gasteiger partial charge is 0.465 e. The van der Waals surface area contributed by atoms with Crippen molar-refractivity contribution in [1.29, 1.82) is 0 Å². The fraction of sp³-hybridized carbons (Fsp3) is 0.889. The molecule has 4 heteroatoms. The molecule has 13 heavy (non-hydrogen) atoms. The zero-order valence-corrected chi connectivity index (χ0v) is 7.09. The Balaban J connectivity index is 1.98. The van der Waals surface area contributed by atoms with Crippen LogP contribution < -0.4 is 0 Å². The lowest BCUT2D eigenvalue weighted by atomic mass is 9.80. The second-order valence-electron chi connectivity index (χ2n) is 4.35. The lowest BCUT2D eigenvalue weighted by Crippen LogP contribution is -2.31. The van der Waals surface area contributed by atoms with Crippen molar-refractivity contribution in [3.63, 3.8) is 0 Å². The summed E-state index contributed by atoms with van der Waals surface area (Å²) in [6.45, 7) is 0.388. The van der Waals surface area contributed by atoms with Crippen molar-refractivity contribution in [2.75, 3.05) is 6.61 Å². The maximum atomic E-state index is 11.3. The lowest BCUT2D eigenvalue weighted by Gasteiger charge is -2.23. The first-order valence-corrected chi connectivity index (χ1v) is 4.73. The van der Waals surface area contributed by atoms with E-state index in [1.54, 1.807) is 0 Å². The van der Waals surface area contributed by atoms with E-state index >= 15 is 0 Å². The smallest absolute Gasteiger partial charge is 0.309 e. The van der Waals surface area contributed by atoms with Crippen LogP contribution in [0.25, 0.3) is 0 Å². The van der Waals surface area contributed by atoms with Crippen LogP contribution in [0.5, 0.6) is 0 Å². The summed E-state index contributed by atoms with van der Waals surface area (Å²) >= 11 is 0. The minimum absolute atomic E-state index is 0.0556. The van der Waals surface area contributed by atoms with E-state index in [2.05, 4.69) is 0 Å². The van der Waals surface area contributed by atoms with Gasteiger partial charge in [-0.05, 0) is 6.42 Å². The van der Waals surface area contributed by atoms with Crippen LogP contribution in [0.1, 0.15) is 6.42 Å². The normalized spacial score (nSPS) is 58.2. The van der Waals surface area contributed by atoms with Crippen molar-refractivity contribution >= 4 is 5.97 Å². The van der Waals surface area contributed by atoms with Crippen molar-refractivity contribution in [3.8, 4) is 0 Å². The number of hydrogen-bond donors (Lipinski definition) is 2. The third-order valence-electron chi connectivity index (χ3n) is 3.90. The van der Waals surface area contributed by atoms with Gasteiger partial charge in [-0.15, -0.1) is 0 Å². The molecule has 2 bridgehead atoms. The molecule has 0 radical (unpaired) electrons. The van der Waals surface area contributed by atoms with Gasteiger partial charge in [0.25, 0.3) is 0 Å². The molecule has 3 fully saturated rings. The summed E-state index contributed by atoms with van der Waals surface area (Å²) in [7, 11) is 0. The van der Waals surface area contributed by atoms with Gasteiger partial charge in [-0.25, -0.2) is 0 Å². The first kappa shape index (κ1) is 7.76. The number of rotatable bonds is 0. The number of aliphatic hydroxyl groups is 2. The summed E-state index contributed by atoms with van der Waals surface area (Å²) in [4.78, 5) is 11.3. The van der Waals surface area contributed by atoms with Crippen LogP contribution in [0.15, 0.2) is 0 Å². The van der Waals surface area contributed by atoms with Gasteiger partial charge < -0.3 is 14.9 Å². The second kappa shape index (κ2) is 2.25. The molecule has 1 heterocycles. The molecule has 0 amide bonds. The highest BCUT2D eigenvalue weighted by molar-refractivity contribution is 5.76. The summed E-state index contributed by atoms with van der Waals surface area (Å²) in [5.41, 5.74) is 0. The monoisotopic (exact) mass is 184 g/mol. The Labute approximate surface area is 75.5 Å². The molecule has 1 aliphatic heterocycles. The van der Waals surface area contributed by atoms with Gasteiger partial charge in [0, 0.05) is 17.8 Å². The number of fused-ring (bicyclic) bond motifs is 5. The molecule has 4 nitrogen and oxygen atoms in total. The van der Waals surface area contributed by atoms with Crippen molar-refractivity contribution < 1.29 is 19.7 Å². The van der Waals surface area contributed by atoms with E-state index in [1.165, 1.54) is 0 Å². The fourth-order valence-corrected chi connectivity index (χ4v) is 3.38. The Morgan fingerprint density at radius 2 is 2.08 bits per heavy atom. The molecule has 2 N–H and O–H groups in total. The molecule has 0 unspecified atom stereocenters. The first-order chi connectivity index (χ1) is 6.20. The van der Waals surface area contributed by atoms with Gasteiger partial charge in [-0.3, -0.25) is 4.79 Å². The van der Waals surface area contributed by atoms with E-state index in [9.17, 15) is 15.0 Å². The highest BCUT2D eigenvalue weighted by Crippen LogP contribution is 2.55. The summed E-state index contributed by atoms with van der Waals surface area (Å²) < 4.78 is 4.94. The second-order valence-corrected chi connectivity index (χ2v) is 4.35. The third kappa shape index (κ3) is 0.758. The van der Waals surface area contributed by atoms with E-state index in [0.717, 1.165) is 0 Å². The predicted molar refractivity (Wildman–Crippen MR) is 41.5 cm³/mol. The molecular weight excluding hydrogens is 172 g/mol. The zero-order valence-electron chi connectivity index (χ0n) is 7.09. The van der Waals surface area contributed by atoms with Crippen LogP contribution in [0, 0.1) is 23.7 Å². The highest BCUT2D eigenvalue weighted by atomic mass is 16.5.